The van der Waals surface area contributed by atoms with Gasteiger partial charge in [-0.2, -0.15) is 0 Å². The third-order valence-corrected chi connectivity index (χ3v) is 5.42. The SMILES string of the molecule is Cn1c(CNC(=O)c2ccccc2)nnc1SCC(=O)Nc1ccc(Br)cc1F. The summed E-state index contributed by atoms with van der Waals surface area (Å²) < 4.78 is 16.1. The summed E-state index contributed by atoms with van der Waals surface area (Å²) in [6, 6.07) is 13.3. The summed E-state index contributed by atoms with van der Waals surface area (Å²) in [7, 11) is 1.75. The zero-order valence-corrected chi connectivity index (χ0v) is 17.8. The van der Waals surface area contributed by atoms with Crippen molar-refractivity contribution in [1.82, 2.24) is 20.1 Å². The number of thioether (sulfide) groups is 1. The van der Waals surface area contributed by atoms with E-state index in [2.05, 4.69) is 36.8 Å². The quantitative estimate of drug-likeness (QED) is 0.509. The van der Waals surface area contributed by atoms with Crippen molar-refractivity contribution in [2.45, 2.75) is 11.7 Å². The molecular weight excluding hydrogens is 461 g/mol. The first kappa shape index (κ1) is 21.0. The average molecular weight is 478 g/mol. The number of hydrogen-bond donors (Lipinski definition) is 2. The van der Waals surface area contributed by atoms with Gasteiger partial charge in [0, 0.05) is 17.1 Å². The first-order chi connectivity index (χ1) is 13.9. The molecular formula is C19H17BrFN5O2S. The highest BCUT2D eigenvalue weighted by Crippen LogP contribution is 2.20. The number of aromatic nitrogens is 3. The fourth-order valence-corrected chi connectivity index (χ4v) is 3.45. The van der Waals surface area contributed by atoms with E-state index >= 15 is 0 Å². The van der Waals surface area contributed by atoms with Gasteiger partial charge in [-0.05, 0) is 30.3 Å². The zero-order chi connectivity index (χ0) is 20.8. The molecule has 3 aromatic rings. The van der Waals surface area contributed by atoms with E-state index in [1.807, 2.05) is 6.07 Å². The van der Waals surface area contributed by atoms with Gasteiger partial charge in [-0.25, -0.2) is 4.39 Å². The van der Waals surface area contributed by atoms with Gasteiger partial charge in [-0.15, -0.1) is 10.2 Å². The summed E-state index contributed by atoms with van der Waals surface area (Å²) in [4.78, 5) is 24.2. The topological polar surface area (TPSA) is 88.9 Å². The maximum atomic E-state index is 13.8. The van der Waals surface area contributed by atoms with Crippen LogP contribution in [0.4, 0.5) is 10.1 Å². The Hall–Kier alpha value is -2.72. The lowest BCUT2D eigenvalue weighted by Crippen LogP contribution is -2.24. The van der Waals surface area contributed by atoms with Crippen molar-refractivity contribution in [1.29, 1.82) is 0 Å². The van der Waals surface area contributed by atoms with Crippen LogP contribution in [0.25, 0.3) is 0 Å². The van der Waals surface area contributed by atoms with Crippen molar-refractivity contribution in [2.75, 3.05) is 11.1 Å². The Morgan fingerprint density at radius 1 is 1.17 bits per heavy atom. The predicted molar refractivity (Wildman–Crippen MR) is 112 cm³/mol. The number of hydrogen-bond acceptors (Lipinski definition) is 5. The van der Waals surface area contributed by atoms with E-state index < -0.39 is 5.82 Å². The molecule has 0 fully saturated rings. The molecule has 1 heterocycles. The smallest absolute Gasteiger partial charge is 0.251 e. The van der Waals surface area contributed by atoms with Crippen molar-refractivity contribution in [3.8, 4) is 0 Å². The standard InChI is InChI=1S/C19H17BrFN5O2S/c1-26-16(10-22-18(28)12-5-3-2-4-6-12)24-25-19(26)29-11-17(27)23-15-8-7-13(20)9-14(15)21/h2-9H,10-11H2,1H3,(H,22,28)(H,23,27). The summed E-state index contributed by atoms with van der Waals surface area (Å²) in [6.45, 7) is 0.202. The van der Waals surface area contributed by atoms with Crippen LogP contribution in [0.1, 0.15) is 16.2 Å². The number of carbonyl (C=O) groups is 2. The lowest BCUT2D eigenvalue weighted by atomic mass is 10.2. The molecule has 1 aromatic heterocycles. The van der Waals surface area contributed by atoms with E-state index in [1.54, 1.807) is 41.9 Å². The Labute approximate surface area is 179 Å². The normalized spacial score (nSPS) is 10.6. The van der Waals surface area contributed by atoms with Gasteiger partial charge in [0.05, 0.1) is 18.0 Å². The fourth-order valence-electron chi connectivity index (χ4n) is 2.38. The highest BCUT2D eigenvalue weighted by atomic mass is 79.9. The number of nitrogens with one attached hydrogen (secondary N) is 2. The van der Waals surface area contributed by atoms with Gasteiger partial charge in [0.2, 0.25) is 5.91 Å². The lowest BCUT2D eigenvalue weighted by molar-refractivity contribution is -0.113. The minimum absolute atomic E-state index is 0.0395. The van der Waals surface area contributed by atoms with Crippen LogP contribution >= 0.6 is 27.7 Å². The number of amides is 2. The summed E-state index contributed by atoms with van der Waals surface area (Å²) in [5.41, 5.74) is 0.669. The second kappa shape index (κ2) is 9.66. The minimum atomic E-state index is -0.521. The molecule has 7 nitrogen and oxygen atoms in total. The Morgan fingerprint density at radius 2 is 1.93 bits per heavy atom. The van der Waals surface area contributed by atoms with E-state index in [1.165, 1.54) is 23.9 Å². The van der Waals surface area contributed by atoms with Gasteiger partial charge >= 0.3 is 0 Å². The molecule has 2 amide bonds. The second-order valence-electron chi connectivity index (χ2n) is 5.97. The summed E-state index contributed by atoms with van der Waals surface area (Å²) >= 11 is 4.34. The average Bonchev–Trinajstić information content (AvgIpc) is 3.07. The van der Waals surface area contributed by atoms with Gasteiger partial charge in [0.1, 0.15) is 5.82 Å². The molecule has 2 N–H and O–H groups in total. The summed E-state index contributed by atoms with van der Waals surface area (Å²) in [5.74, 6) is -0.501. The summed E-state index contributed by atoms with van der Waals surface area (Å²) in [6.07, 6.45) is 0. The molecule has 150 valence electrons. The van der Waals surface area contributed by atoms with E-state index in [9.17, 15) is 14.0 Å². The highest BCUT2D eigenvalue weighted by molar-refractivity contribution is 9.10. The molecule has 0 aliphatic carbocycles. The van der Waals surface area contributed by atoms with Gasteiger partial charge in [0.15, 0.2) is 11.0 Å². The van der Waals surface area contributed by atoms with E-state index in [-0.39, 0.29) is 29.8 Å². The Balaban J connectivity index is 1.52. The molecule has 0 aliphatic rings. The van der Waals surface area contributed by atoms with E-state index in [4.69, 9.17) is 0 Å². The van der Waals surface area contributed by atoms with E-state index in [0.717, 1.165) is 0 Å². The maximum absolute atomic E-state index is 13.8. The number of carbonyl (C=O) groups excluding carboxylic acids is 2. The molecule has 0 unspecified atom stereocenters. The first-order valence-electron chi connectivity index (χ1n) is 8.53. The van der Waals surface area contributed by atoms with E-state index in [0.29, 0.717) is 21.0 Å². The molecule has 0 spiro atoms. The fraction of sp³-hybridized carbons (Fsp3) is 0.158. The number of halogens is 2. The molecule has 3 rings (SSSR count). The third kappa shape index (κ3) is 5.64. The Morgan fingerprint density at radius 3 is 2.66 bits per heavy atom. The number of anilines is 1. The van der Waals surface area contributed by atoms with Crippen molar-refractivity contribution in [2.24, 2.45) is 7.05 Å². The first-order valence-corrected chi connectivity index (χ1v) is 10.3. The molecule has 0 saturated carbocycles. The Kier molecular flexibility index (Phi) is 6.99. The lowest BCUT2D eigenvalue weighted by Gasteiger charge is -2.07. The third-order valence-electron chi connectivity index (χ3n) is 3.91. The van der Waals surface area contributed by atoms with Crippen LogP contribution in [0, 0.1) is 5.82 Å². The molecule has 0 saturated heterocycles. The largest absolute Gasteiger partial charge is 0.345 e. The second-order valence-corrected chi connectivity index (χ2v) is 7.83. The monoisotopic (exact) mass is 477 g/mol. The van der Waals surface area contributed by atoms with Crippen LogP contribution in [0.3, 0.4) is 0 Å². The number of nitrogens with zero attached hydrogens (tertiary/aromatic N) is 3. The molecule has 10 heteroatoms. The molecule has 29 heavy (non-hydrogen) atoms. The van der Waals surface area contributed by atoms with Crippen molar-refractivity contribution < 1.29 is 14.0 Å². The van der Waals surface area contributed by atoms with Crippen LogP contribution in [0.5, 0.6) is 0 Å². The van der Waals surface area contributed by atoms with Crippen LogP contribution in [0.15, 0.2) is 58.2 Å². The van der Waals surface area contributed by atoms with Crippen molar-refractivity contribution in [3.63, 3.8) is 0 Å². The molecule has 0 bridgehead atoms. The minimum Gasteiger partial charge on any atom is -0.345 e. The molecule has 0 aliphatic heterocycles. The van der Waals surface area contributed by atoms with Gasteiger partial charge in [0.25, 0.3) is 5.91 Å². The van der Waals surface area contributed by atoms with Crippen LogP contribution in [0.2, 0.25) is 0 Å². The van der Waals surface area contributed by atoms with Gasteiger partial charge in [-0.3, -0.25) is 9.59 Å². The predicted octanol–water partition coefficient (Wildman–Crippen LogP) is 3.38. The van der Waals surface area contributed by atoms with Crippen molar-refractivity contribution in [3.05, 3.63) is 70.2 Å². The highest BCUT2D eigenvalue weighted by Gasteiger charge is 2.14. The number of rotatable bonds is 7. The molecule has 0 radical (unpaired) electrons. The maximum Gasteiger partial charge on any atom is 0.251 e. The van der Waals surface area contributed by atoms with Crippen LogP contribution < -0.4 is 10.6 Å². The van der Waals surface area contributed by atoms with Crippen molar-refractivity contribution >= 4 is 45.2 Å². The van der Waals surface area contributed by atoms with Crippen LogP contribution in [-0.4, -0.2) is 32.3 Å². The Bertz CT molecular complexity index is 1030. The summed E-state index contributed by atoms with van der Waals surface area (Å²) in [5, 5.41) is 13.9. The molecule has 0 atom stereocenters. The van der Waals surface area contributed by atoms with Gasteiger partial charge < -0.3 is 15.2 Å². The number of benzene rings is 2. The van der Waals surface area contributed by atoms with Crippen LogP contribution in [-0.2, 0) is 18.4 Å². The molecule has 2 aromatic carbocycles. The van der Waals surface area contributed by atoms with Gasteiger partial charge in [-0.1, -0.05) is 45.9 Å². The zero-order valence-electron chi connectivity index (χ0n) is 15.4.